The molecule has 17 heavy (non-hydrogen) atoms. The minimum Gasteiger partial charge on any atom is -0.370 e. The van der Waals surface area contributed by atoms with Crippen molar-refractivity contribution in [3.05, 3.63) is 12.4 Å². The fourth-order valence-corrected chi connectivity index (χ4v) is 1.75. The topological polar surface area (TPSA) is 66.9 Å². The first-order chi connectivity index (χ1) is 8.13. The number of aromatic nitrogens is 2. The van der Waals surface area contributed by atoms with Gasteiger partial charge in [0.1, 0.15) is 18.0 Å². The van der Waals surface area contributed by atoms with Crippen molar-refractivity contribution in [1.29, 1.82) is 0 Å². The third-order valence-electron chi connectivity index (χ3n) is 2.45. The van der Waals surface area contributed by atoms with Crippen LogP contribution < -0.4 is 10.6 Å². The lowest BCUT2D eigenvalue weighted by atomic mass is 10.3. The van der Waals surface area contributed by atoms with Crippen molar-refractivity contribution in [2.45, 2.75) is 25.5 Å². The number of hydrogen-bond donors (Lipinski definition) is 2. The van der Waals surface area contributed by atoms with Gasteiger partial charge in [0.15, 0.2) is 0 Å². The van der Waals surface area contributed by atoms with Crippen molar-refractivity contribution in [2.24, 2.45) is 0 Å². The third-order valence-corrected chi connectivity index (χ3v) is 3.82. The molecule has 6 heteroatoms. The zero-order valence-corrected chi connectivity index (χ0v) is 11.4. The van der Waals surface area contributed by atoms with E-state index >= 15 is 0 Å². The van der Waals surface area contributed by atoms with E-state index in [9.17, 15) is 4.21 Å². The highest BCUT2D eigenvalue weighted by molar-refractivity contribution is 7.84. The van der Waals surface area contributed by atoms with Gasteiger partial charge in [0.2, 0.25) is 0 Å². The summed E-state index contributed by atoms with van der Waals surface area (Å²) in [4.78, 5) is 8.21. The molecule has 1 aromatic rings. The zero-order valence-electron chi connectivity index (χ0n) is 10.6. The van der Waals surface area contributed by atoms with Crippen LogP contribution in [-0.4, -0.2) is 38.8 Å². The Kier molecular flexibility index (Phi) is 5.90. The SMILES string of the molecule is CCNc1cc(NCCC(C)S(C)=O)ncn1. The largest absolute Gasteiger partial charge is 0.370 e. The van der Waals surface area contributed by atoms with Gasteiger partial charge in [-0.2, -0.15) is 0 Å². The number of rotatable bonds is 7. The highest BCUT2D eigenvalue weighted by Crippen LogP contribution is 2.08. The number of hydrogen-bond acceptors (Lipinski definition) is 5. The summed E-state index contributed by atoms with van der Waals surface area (Å²) < 4.78 is 11.2. The minimum absolute atomic E-state index is 0.206. The van der Waals surface area contributed by atoms with Crippen LogP contribution in [0.2, 0.25) is 0 Å². The molecule has 1 aromatic heterocycles. The average Bonchev–Trinajstić information content (AvgIpc) is 2.29. The van der Waals surface area contributed by atoms with Gasteiger partial charge in [0, 0.05) is 41.5 Å². The van der Waals surface area contributed by atoms with Crippen molar-refractivity contribution in [3.63, 3.8) is 0 Å². The van der Waals surface area contributed by atoms with E-state index in [-0.39, 0.29) is 5.25 Å². The summed E-state index contributed by atoms with van der Waals surface area (Å²) in [5.74, 6) is 1.61. The van der Waals surface area contributed by atoms with Gasteiger partial charge in [-0.3, -0.25) is 4.21 Å². The summed E-state index contributed by atoms with van der Waals surface area (Å²) in [6.45, 7) is 5.61. The van der Waals surface area contributed by atoms with E-state index in [4.69, 9.17) is 0 Å². The van der Waals surface area contributed by atoms with E-state index in [1.165, 1.54) is 6.33 Å². The second kappa shape index (κ2) is 7.21. The monoisotopic (exact) mass is 256 g/mol. The standard InChI is InChI=1S/C11H20N4OS/c1-4-12-10-7-11(15-8-14-10)13-6-5-9(2)17(3)16/h7-9H,4-6H2,1-3H3,(H2,12,13,14,15). The molecule has 0 bridgehead atoms. The lowest BCUT2D eigenvalue weighted by Crippen LogP contribution is -2.15. The second-order valence-electron chi connectivity index (χ2n) is 3.84. The van der Waals surface area contributed by atoms with Crippen LogP contribution in [0.25, 0.3) is 0 Å². The Bertz CT molecular complexity index is 372. The van der Waals surface area contributed by atoms with Crippen LogP contribution >= 0.6 is 0 Å². The molecule has 96 valence electrons. The van der Waals surface area contributed by atoms with Crippen LogP contribution in [0.1, 0.15) is 20.3 Å². The van der Waals surface area contributed by atoms with Gasteiger partial charge in [-0.15, -0.1) is 0 Å². The smallest absolute Gasteiger partial charge is 0.131 e. The molecular weight excluding hydrogens is 236 g/mol. The van der Waals surface area contributed by atoms with Gasteiger partial charge in [-0.05, 0) is 13.3 Å². The van der Waals surface area contributed by atoms with E-state index in [0.717, 1.165) is 31.1 Å². The summed E-state index contributed by atoms with van der Waals surface area (Å²) in [6.07, 6.45) is 4.13. The Balaban J connectivity index is 2.41. The van der Waals surface area contributed by atoms with Gasteiger partial charge < -0.3 is 10.6 Å². The summed E-state index contributed by atoms with van der Waals surface area (Å²) >= 11 is 0. The van der Waals surface area contributed by atoms with E-state index in [0.29, 0.717) is 0 Å². The highest BCUT2D eigenvalue weighted by atomic mass is 32.2. The predicted octanol–water partition coefficient (Wildman–Crippen LogP) is 1.48. The molecule has 1 rings (SSSR count). The molecule has 0 fully saturated rings. The fourth-order valence-electron chi connectivity index (χ4n) is 1.30. The normalized spacial score (nSPS) is 14.1. The van der Waals surface area contributed by atoms with Crippen LogP contribution in [0.5, 0.6) is 0 Å². The van der Waals surface area contributed by atoms with Crippen LogP contribution in [0.15, 0.2) is 12.4 Å². The molecular formula is C11H20N4OS. The van der Waals surface area contributed by atoms with E-state index in [1.807, 2.05) is 19.9 Å². The molecule has 0 aliphatic carbocycles. The molecule has 0 aromatic carbocycles. The molecule has 0 aliphatic heterocycles. The van der Waals surface area contributed by atoms with Crippen LogP contribution in [0.3, 0.4) is 0 Å². The maximum Gasteiger partial charge on any atom is 0.131 e. The summed E-state index contributed by atoms with van der Waals surface area (Å²) in [6, 6.07) is 1.87. The number of anilines is 2. The second-order valence-corrected chi connectivity index (χ2v) is 5.65. The average molecular weight is 256 g/mol. The number of nitrogens with zero attached hydrogens (tertiary/aromatic N) is 2. The molecule has 2 unspecified atom stereocenters. The summed E-state index contributed by atoms with van der Waals surface area (Å²) in [5.41, 5.74) is 0. The fraction of sp³-hybridized carbons (Fsp3) is 0.636. The van der Waals surface area contributed by atoms with Gasteiger partial charge in [0.25, 0.3) is 0 Å². The lowest BCUT2D eigenvalue weighted by molar-refractivity contribution is 0.672. The molecule has 2 N–H and O–H groups in total. The molecule has 0 saturated carbocycles. The first-order valence-corrected chi connectivity index (χ1v) is 7.37. The molecule has 2 atom stereocenters. The molecule has 5 nitrogen and oxygen atoms in total. The summed E-state index contributed by atoms with van der Waals surface area (Å²) in [5, 5.41) is 6.54. The van der Waals surface area contributed by atoms with Crippen LogP contribution in [0, 0.1) is 0 Å². The van der Waals surface area contributed by atoms with E-state index < -0.39 is 10.8 Å². The Morgan fingerprint density at radius 2 is 2.00 bits per heavy atom. The van der Waals surface area contributed by atoms with E-state index in [2.05, 4.69) is 20.6 Å². The number of nitrogens with one attached hydrogen (secondary N) is 2. The van der Waals surface area contributed by atoms with Crippen molar-refractivity contribution < 1.29 is 4.21 Å². The Morgan fingerprint density at radius 1 is 1.35 bits per heavy atom. The van der Waals surface area contributed by atoms with Crippen molar-refractivity contribution in [3.8, 4) is 0 Å². The van der Waals surface area contributed by atoms with Gasteiger partial charge in [0.05, 0.1) is 0 Å². The third kappa shape index (κ3) is 5.12. The zero-order chi connectivity index (χ0) is 12.7. The molecule has 0 spiro atoms. The predicted molar refractivity (Wildman–Crippen MR) is 72.8 cm³/mol. The maximum absolute atomic E-state index is 11.2. The van der Waals surface area contributed by atoms with Crippen LogP contribution in [-0.2, 0) is 10.8 Å². The highest BCUT2D eigenvalue weighted by Gasteiger charge is 2.05. The molecule has 0 radical (unpaired) electrons. The van der Waals surface area contributed by atoms with E-state index in [1.54, 1.807) is 6.26 Å². The van der Waals surface area contributed by atoms with Gasteiger partial charge >= 0.3 is 0 Å². The van der Waals surface area contributed by atoms with Gasteiger partial charge in [-0.25, -0.2) is 9.97 Å². The molecule has 0 amide bonds. The lowest BCUT2D eigenvalue weighted by Gasteiger charge is -2.10. The Labute approximate surface area is 105 Å². The maximum atomic E-state index is 11.2. The molecule has 0 saturated heterocycles. The van der Waals surface area contributed by atoms with Gasteiger partial charge in [-0.1, -0.05) is 6.92 Å². The quantitative estimate of drug-likeness (QED) is 0.773. The van der Waals surface area contributed by atoms with Crippen LogP contribution in [0.4, 0.5) is 11.6 Å². The Morgan fingerprint density at radius 3 is 2.59 bits per heavy atom. The first-order valence-electron chi connectivity index (χ1n) is 5.75. The minimum atomic E-state index is -0.761. The Hall–Kier alpha value is -1.17. The molecule has 1 heterocycles. The summed E-state index contributed by atoms with van der Waals surface area (Å²) in [7, 11) is -0.761. The first kappa shape index (κ1) is 13.9. The molecule has 0 aliphatic rings. The van der Waals surface area contributed by atoms with Crippen molar-refractivity contribution in [1.82, 2.24) is 9.97 Å². The van der Waals surface area contributed by atoms with Crippen molar-refractivity contribution in [2.75, 3.05) is 30.0 Å². The van der Waals surface area contributed by atoms with Crippen molar-refractivity contribution >= 4 is 22.4 Å².